The quantitative estimate of drug-likeness (QED) is 0.632. The molecule has 0 saturated carbocycles. The number of amides is 1. The van der Waals surface area contributed by atoms with Gasteiger partial charge in [-0.1, -0.05) is 30.3 Å². The maximum atomic E-state index is 12.5. The number of aromatic amines is 1. The fraction of sp³-hybridized carbons (Fsp3) is 0.286. The number of aromatic nitrogens is 2. The van der Waals surface area contributed by atoms with Gasteiger partial charge in [-0.15, -0.1) is 0 Å². The number of nitrogens with zero attached hydrogens (tertiary/aromatic N) is 2. The molecule has 6 nitrogen and oxygen atoms in total. The zero-order valence-corrected chi connectivity index (χ0v) is 15.7. The lowest BCUT2D eigenvalue weighted by molar-refractivity contribution is 0.0949. The molecule has 0 radical (unpaired) electrons. The summed E-state index contributed by atoms with van der Waals surface area (Å²) in [6.45, 7) is 6.50. The SMILES string of the molecule is CCN(CCCNC(=O)c1n[nH]c(=O)c2ccccc12)c1cccc(C)c1. The van der Waals surface area contributed by atoms with Crippen molar-refractivity contribution < 1.29 is 4.79 Å². The van der Waals surface area contributed by atoms with E-state index in [9.17, 15) is 9.59 Å². The third-order valence-corrected chi connectivity index (χ3v) is 4.55. The van der Waals surface area contributed by atoms with Crippen LogP contribution in [0.2, 0.25) is 0 Å². The molecule has 6 heteroatoms. The van der Waals surface area contributed by atoms with Crippen LogP contribution in [0.15, 0.2) is 53.3 Å². The van der Waals surface area contributed by atoms with E-state index >= 15 is 0 Å². The second kappa shape index (κ2) is 8.49. The first-order valence-corrected chi connectivity index (χ1v) is 9.17. The predicted octanol–water partition coefficient (Wildman–Crippen LogP) is 2.88. The van der Waals surface area contributed by atoms with Crippen molar-refractivity contribution >= 4 is 22.4 Å². The highest BCUT2D eigenvalue weighted by molar-refractivity contribution is 6.04. The van der Waals surface area contributed by atoms with Crippen LogP contribution >= 0.6 is 0 Å². The van der Waals surface area contributed by atoms with Crippen molar-refractivity contribution in [1.82, 2.24) is 15.5 Å². The van der Waals surface area contributed by atoms with Crippen LogP contribution in [0.25, 0.3) is 10.8 Å². The highest BCUT2D eigenvalue weighted by atomic mass is 16.2. The minimum atomic E-state index is -0.293. The molecule has 0 unspecified atom stereocenters. The summed E-state index contributed by atoms with van der Waals surface area (Å²) in [5.41, 5.74) is 2.38. The summed E-state index contributed by atoms with van der Waals surface area (Å²) in [5.74, 6) is -0.277. The molecule has 0 fully saturated rings. The van der Waals surface area contributed by atoms with Crippen molar-refractivity contribution in [1.29, 1.82) is 0 Å². The molecule has 2 aromatic carbocycles. The molecule has 27 heavy (non-hydrogen) atoms. The summed E-state index contributed by atoms with van der Waals surface area (Å²) in [6.07, 6.45) is 0.814. The number of hydrogen-bond donors (Lipinski definition) is 2. The van der Waals surface area contributed by atoms with E-state index in [1.165, 1.54) is 11.3 Å². The lowest BCUT2D eigenvalue weighted by Gasteiger charge is -2.23. The van der Waals surface area contributed by atoms with Crippen LogP contribution < -0.4 is 15.8 Å². The van der Waals surface area contributed by atoms with Gasteiger partial charge in [-0.2, -0.15) is 5.10 Å². The van der Waals surface area contributed by atoms with Gasteiger partial charge in [-0.25, -0.2) is 5.10 Å². The fourth-order valence-electron chi connectivity index (χ4n) is 3.14. The predicted molar refractivity (Wildman–Crippen MR) is 108 cm³/mol. The summed E-state index contributed by atoms with van der Waals surface area (Å²) >= 11 is 0. The molecule has 0 aliphatic carbocycles. The minimum Gasteiger partial charge on any atom is -0.372 e. The first kappa shape index (κ1) is 18.6. The van der Waals surface area contributed by atoms with E-state index in [1.54, 1.807) is 24.3 Å². The van der Waals surface area contributed by atoms with E-state index in [0.717, 1.165) is 19.5 Å². The molecule has 0 aliphatic rings. The van der Waals surface area contributed by atoms with E-state index in [1.807, 2.05) is 0 Å². The molecule has 0 spiro atoms. The minimum absolute atomic E-state index is 0.247. The van der Waals surface area contributed by atoms with E-state index in [4.69, 9.17) is 0 Å². The topological polar surface area (TPSA) is 78.1 Å². The first-order chi connectivity index (χ1) is 13.1. The van der Waals surface area contributed by atoms with Gasteiger partial charge in [0.25, 0.3) is 11.5 Å². The van der Waals surface area contributed by atoms with Crippen molar-refractivity contribution in [3.05, 3.63) is 70.1 Å². The number of hydrogen-bond acceptors (Lipinski definition) is 4. The van der Waals surface area contributed by atoms with Crippen LogP contribution in [0.3, 0.4) is 0 Å². The molecule has 3 rings (SSSR count). The second-order valence-corrected chi connectivity index (χ2v) is 6.48. The summed E-state index contributed by atoms with van der Waals surface area (Å²) < 4.78 is 0. The Morgan fingerprint density at radius 2 is 1.93 bits per heavy atom. The highest BCUT2D eigenvalue weighted by Gasteiger charge is 2.13. The Hall–Kier alpha value is -3.15. The number of fused-ring (bicyclic) bond motifs is 1. The summed E-state index contributed by atoms with van der Waals surface area (Å²) in [4.78, 5) is 26.6. The number of aryl methyl sites for hydroxylation is 1. The summed E-state index contributed by atoms with van der Waals surface area (Å²) in [7, 11) is 0. The lowest BCUT2D eigenvalue weighted by atomic mass is 10.1. The van der Waals surface area contributed by atoms with E-state index < -0.39 is 0 Å². The van der Waals surface area contributed by atoms with E-state index in [2.05, 4.69) is 58.5 Å². The van der Waals surface area contributed by atoms with Gasteiger partial charge in [0.15, 0.2) is 5.69 Å². The van der Waals surface area contributed by atoms with Gasteiger partial charge in [-0.3, -0.25) is 9.59 Å². The fourth-order valence-corrected chi connectivity index (χ4v) is 3.14. The molecule has 0 atom stereocenters. The number of rotatable bonds is 7. The van der Waals surface area contributed by atoms with E-state index in [-0.39, 0.29) is 17.2 Å². The van der Waals surface area contributed by atoms with Crippen molar-refractivity contribution in [3.8, 4) is 0 Å². The third kappa shape index (κ3) is 4.34. The van der Waals surface area contributed by atoms with Crippen LogP contribution in [0.1, 0.15) is 29.4 Å². The van der Waals surface area contributed by atoms with Crippen LogP contribution in [0.4, 0.5) is 5.69 Å². The van der Waals surface area contributed by atoms with Gasteiger partial charge in [-0.05, 0) is 44.0 Å². The number of H-pyrrole nitrogens is 1. The van der Waals surface area contributed by atoms with Crippen LogP contribution in [0.5, 0.6) is 0 Å². The van der Waals surface area contributed by atoms with Gasteiger partial charge >= 0.3 is 0 Å². The smallest absolute Gasteiger partial charge is 0.272 e. The third-order valence-electron chi connectivity index (χ3n) is 4.55. The normalized spacial score (nSPS) is 10.7. The van der Waals surface area contributed by atoms with Crippen LogP contribution in [-0.4, -0.2) is 35.7 Å². The first-order valence-electron chi connectivity index (χ1n) is 9.17. The maximum Gasteiger partial charge on any atom is 0.272 e. The molecular formula is C21H24N4O2. The number of carbonyl (C=O) groups excluding carboxylic acids is 1. The van der Waals surface area contributed by atoms with Crippen molar-refractivity contribution in [3.63, 3.8) is 0 Å². The molecule has 3 aromatic rings. The molecular weight excluding hydrogens is 340 g/mol. The monoisotopic (exact) mass is 364 g/mol. The summed E-state index contributed by atoms with van der Waals surface area (Å²) in [5, 5.41) is 10.3. The molecule has 1 amide bonds. The van der Waals surface area contributed by atoms with Gasteiger partial charge in [0.1, 0.15) is 0 Å². The zero-order chi connectivity index (χ0) is 19.2. The van der Waals surface area contributed by atoms with E-state index in [0.29, 0.717) is 17.3 Å². The number of nitrogens with one attached hydrogen (secondary N) is 2. The Bertz CT molecular complexity index is 997. The number of carbonyl (C=O) groups is 1. The standard InChI is InChI=1S/C21H24N4O2/c1-3-25(16-9-6-8-15(2)14-16)13-7-12-22-21(27)19-17-10-4-5-11-18(17)20(26)24-23-19/h4-6,8-11,14H,3,7,12-13H2,1-2H3,(H,22,27)(H,24,26). The van der Waals surface area contributed by atoms with Gasteiger partial charge in [0.2, 0.25) is 0 Å². The number of benzene rings is 2. The Balaban J connectivity index is 1.60. The molecule has 140 valence electrons. The molecule has 0 bridgehead atoms. The Morgan fingerprint density at radius 3 is 2.67 bits per heavy atom. The average molecular weight is 364 g/mol. The van der Waals surface area contributed by atoms with Crippen LogP contribution in [0, 0.1) is 6.92 Å². The molecule has 0 aliphatic heterocycles. The summed E-state index contributed by atoms with van der Waals surface area (Å²) in [6, 6.07) is 15.4. The largest absolute Gasteiger partial charge is 0.372 e. The molecule has 0 saturated heterocycles. The average Bonchev–Trinajstić information content (AvgIpc) is 2.68. The highest BCUT2D eigenvalue weighted by Crippen LogP contribution is 2.16. The van der Waals surface area contributed by atoms with Crippen LogP contribution in [-0.2, 0) is 0 Å². The second-order valence-electron chi connectivity index (χ2n) is 6.48. The zero-order valence-electron chi connectivity index (χ0n) is 15.7. The Morgan fingerprint density at radius 1 is 1.15 bits per heavy atom. The van der Waals surface area contributed by atoms with Gasteiger partial charge in [0.05, 0.1) is 5.39 Å². The van der Waals surface area contributed by atoms with Crippen molar-refractivity contribution in [2.75, 3.05) is 24.5 Å². The number of anilines is 1. The van der Waals surface area contributed by atoms with Gasteiger partial charge < -0.3 is 10.2 Å². The Kier molecular flexibility index (Phi) is 5.86. The Labute approximate surface area is 158 Å². The lowest BCUT2D eigenvalue weighted by Crippen LogP contribution is -2.31. The van der Waals surface area contributed by atoms with Crippen molar-refractivity contribution in [2.24, 2.45) is 0 Å². The maximum absolute atomic E-state index is 12.5. The molecule has 1 aromatic heterocycles. The van der Waals surface area contributed by atoms with Gasteiger partial charge in [0, 0.05) is 30.7 Å². The van der Waals surface area contributed by atoms with Crippen molar-refractivity contribution in [2.45, 2.75) is 20.3 Å². The molecule has 2 N–H and O–H groups in total. The molecule has 1 heterocycles.